The van der Waals surface area contributed by atoms with Crippen LogP contribution in [0, 0.1) is 10.8 Å². The van der Waals surface area contributed by atoms with Crippen molar-refractivity contribution in [1.82, 2.24) is 0 Å². The zero-order valence-electron chi connectivity index (χ0n) is 9.65. The number of hydrogen-bond acceptors (Lipinski definition) is 0. The van der Waals surface area contributed by atoms with Gasteiger partial charge in [0, 0.05) is 0 Å². The molecule has 0 aromatic carbocycles. The minimum Gasteiger partial charge on any atom is -0.0804 e. The molecule has 0 aliphatic heterocycles. The lowest BCUT2D eigenvalue weighted by Gasteiger charge is -2.33. The van der Waals surface area contributed by atoms with Gasteiger partial charge in [-0.05, 0) is 29.2 Å². The van der Waals surface area contributed by atoms with Gasteiger partial charge in [-0.3, -0.25) is 0 Å². The van der Waals surface area contributed by atoms with E-state index >= 15 is 0 Å². The van der Waals surface area contributed by atoms with Crippen LogP contribution in [0.3, 0.4) is 0 Å². The molecule has 13 heavy (non-hydrogen) atoms. The summed E-state index contributed by atoms with van der Waals surface area (Å²) in [6.07, 6.45) is 9.26. The standard InChI is InChI=1S/C13H22/c1-12(2,3)10-13(4,5)11-8-6-7-9-11/h6,8-9H,7,10H2,1-5H3. The van der Waals surface area contributed by atoms with Gasteiger partial charge in [0.25, 0.3) is 0 Å². The summed E-state index contributed by atoms with van der Waals surface area (Å²) in [6.45, 7) is 11.6. The molecule has 0 unspecified atom stereocenters. The van der Waals surface area contributed by atoms with Gasteiger partial charge in [-0.15, -0.1) is 0 Å². The maximum absolute atomic E-state index is 2.35. The van der Waals surface area contributed by atoms with Crippen molar-refractivity contribution in [3.05, 3.63) is 23.8 Å². The summed E-state index contributed by atoms with van der Waals surface area (Å²) in [6, 6.07) is 0. The van der Waals surface area contributed by atoms with Crippen molar-refractivity contribution in [2.45, 2.75) is 47.5 Å². The van der Waals surface area contributed by atoms with Crippen LogP contribution in [0.25, 0.3) is 0 Å². The SMILES string of the molecule is CC(C)(C)CC(C)(C)C1=CCC=C1. The molecule has 0 fully saturated rings. The molecule has 0 heterocycles. The number of rotatable bonds is 2. The zero-order chi connectivity index (χ0) is 10.1. The Balaban J connectivity index is 2.71. The second-order valence-corrected chi connectivity index (χ2v) is 5.92. The first kappa shape index (κ1) is 10.6. The van der Waals surface area contributed by atoms with Crippen LogP contribution in [0.4, 0.5) is 0 Å². The van der Waals surface area contributed by atoms with Gasteiger partial charge in [-0.25, -0.2) is 0 Å². The molecule has 0 heteroatoms. The van der Waals surface area contributed by atoms with E-state index in [4.69, 9.17) is 0 Å². The quantitative estimate of drug-likeness (QED) is 0.590. The van der Waals surface area contributed by atoms with E-state index in [1.165, 1.54) is 12.0 Å². The van der Waals surface area contributed by atoms with Gasteiger partial charge in [-0.1, -0.05) is 52.8 Å². The zero-order valence-corrected chi connectivity index (χ0v) is 9.65. The molecule has 0 radical (unpaired) electrons. The Morgan fingerprint density at radius 3 is 2.15 bits per heavy atom. The molecule has 0 aromatic heterocycles. The molecule has 1 aliphatic carbocycles. The van der Waals surface area contributed by atoms with Crippen LogP contribution in [0.1, 0.15) is 47.5 Å². The first-order valence-electron chi connectivity index (χ1n) is 5.18. The fraction of sp³-hybridized carbons (Fsp3) is 0.692. The molecule has 0 spiro atoms. The van der Waals surface area contributed by atoms with Crippen molar-refractivity contribution in [3.63, 3.8) is 0 Å². The smallest absolute Gasteiger partial charge is 0.0102 e. The van der Waals surface area contributed by atoms with Crippen LogP contribution in [0.2, 0.25) is 0 Å². The average molecular weight is 178 g/mol. The predicted octanol–water partition coefficient (Wildman–Crippen LogP) is 4.34. The summed E-state index contributed by atoms with van der Waals surface area (Å²) in [4.78, 5) is 0. The van der Waals surface area contributed by atoms with E-state index in [1.807, 2.05) is 0 Å². The van der Waals surface area contributed by atoms with Crippen molar-refractivity contribution in [1.29, 1.82) is 0 Å². The molecule has 0 atom stereocenters. The Morgan fingerprint density at radius 2 is 1.77 bits per heavy atom. The third-order valence-corrected chi connectivity index (χ3v) is 2.53. The fourth-order valence-corrected chi connectivity index (χ4v) is 2.39. The molecule has 0 saturated carbocycles. The first-order valence-corrected chi connectivity index (χ1v) is 5.18. The van der Waals surface area contributed by atoms with Crippen molar-refractivity contribution < 1.29 is 0 Å². The lowest BCUT2D eigenvalue weighted by atomic mass is 9.72. The Bertz CT molecular complexity index is 233. The first-order chi connectivity index (χ1) is 5.81. The summed E-state index contributed by atoms with van der Waals surface area (Å²) in [7, 11) is 0. The third kappa shape index (κ3) is 3.02. The summed E-state index contributed by atoms with van der Waals surface area (Å²) in [5.41, 5.74) is 2.27. The normalized spacial score (nSPS) is 17.8. The molecular formula is C13H22. The van der Waals surface area contributed by atoms with Crippen LogP contribution >= 0.6 is 0 Å². The highest BCUT2D eigenvalue weighted by Gasteiger charge is 2.28. The monoisotopic (exact) mass is 178 g/mol. The van der Waals surface area contributed by atoms with Gasteiger partial charge in [0.05, 0.1) is 0 Å². The molecule has 0 amide bonds. The number of hydrogen-bond donors (Lipinski definition) is 0. The van der Waals surface area contributed by atoms with Gasteiger partial charge in [-0.2, -0.15) is 0 Å². The maximum Gasteiger partial charge on any atom is -0.0102 e. The van der Waals surface area contributed by atoms with E-state index in [0.29, 0.717) is 10.8 Å². The second kappa shape index (κ2) is 3.32. The molecule has 0 nitrogen and oxygen atoms in total. The molecule has 1 aliphatic rings. The van der Waals surface area contributed by atoms with Crippen LogP contribution in [-0.2, 0) is 0 Å². The molecule has 0 bridgehead atoms. The summed E-state index contributed by atoms with van der Waals surface area (Å²) in [5, 5.41) is 0. The molecular weight excluding hydrogens is 156 g/mol. The minimum atomic E-state index is 0.339. The molecule has 0 aromatic rings. The lowest BCUT2D eigenvalue weighted by molar-refractivity contribution is 0.253. The van der Waals surface area contributed by atoms with E-state index in [0.717, 1.165) is 6.42 Å². The molecule has 1 rings (SSSR count). The molecule has 0 N–H and O–H groups in total. The van der Waals surface area contributed by atoms with Crippen molar-refractivity contribution in [2.75, 3.05) is 0 Å². The van der Waals surface area contributed by atoms with Gasteiger partial charge >= 0.3 is 0 Å². The van der Waals surface area contributed by atoms with Crippen molar-refractivity contribution in [3.8, 4) is 0 Å². The van der Waals surface area contributed by atoms with Crippen molar-refractivity contribution in [2.24, 2.45) is 10.8 Å². The summed E-state index contributed by atoms with van der Waals surface area (Å²) >= 11 is 0. The predicted molar refractivity (Wildman–Crippen MR) is 59.7 cm³/mol. The molecule has 0 saturated heterocycles. The Hall–Kier alpha value is -0.520. The van der Waals surface area contributed by atoms with E-state index in [9.17, 15) is 0 Å². The van der Waals surface area contributed by atoms with Crippen LogP contribution in [-0.4, -0.2) is 0 Å². The van der Waals surface area contributed by atoms with Gasteiger partial charge < -0.3 is 0 Å². The average Bonchev–Trinajstić information content (AvgIpc) is 2.29. The largest absolute Gasteiger partial charge is 0.0804 e. The lowest BCUT2D eigenvalue weighted by Crippen LogP contribution is -2.21. The topological polar surface area (TPSA) is 0 Å². The highest BCUT2D eigenvalue weighted by molar-refractivity contribution is 5.31. The van der Waals surface area contributed by atoms with Crippen LogP contribution < -0.4 is 0 Å². The van der Waals surface area contributed by atoms with Gasteiger partial charge in [0.15, 0.2) is 0 Å². The Kier molecular flexibility index (Phi) is 2.70. The maximum atomic E-state index is 2.35. The Morgan fingerprint density at radius 1 is 1.15 bits per heavy atom. The van der Waals surface area contributed by atoms with E-state index < -0.39 is 0 Å². The van der Waals surface area contributed by atoms with Crippen molar-refractivity contribution >= 4 is 0 Å². The minimum absolute atomic E-state index is 0.339. The highest BCUT2D eigenvalue weighted by atomic mass is 14.3. The summed E-state index contributed by atoms with van der Waals surface area (Å²) < 4.78 is 0. The van der Waals surface area contributed by atoms with E-state index in [2.05, 4.69) is 52.8 Å². The van der Waals surface area contributed by atoms with Gasteiger partial charge in [0.1, 0.15) is 0 Å². The molecule has 74 valence electrons. The fourth-order valence-electron chi connectivity index (χ4n) is 2.39. The van der Waals surface area contributed by atoms with Crippen LogP contribution in [0.5, 0.6) is 0 Å². The highest BCUT2D eigenvalue weighted by Crippen LogP contribution is 2.40. The third-order valence-electron chi connectivity index (χ3n) is 2.53. The van der Waals surface area contributed by atoms with Gasteiger partial charge in [0.2, 0.25) is 0 Å². The second-order valence-electron chi connectivity index (χ2n) is 5.92. The Labute approximate surface area is 82.7 Å². The summed E-state index contributed by atoms with van der Waals surface area (Å²) in [5.74, 6) is 0. The number of allylic oxidation sites excluding steroid dienone is 4. The van der Waals surface area contributed by atoms with Crippen LogP contribution in [0.15, 0.2) is 23.8 Å². The van der Waals surface area contributed by atoms with E-state index in [1.54, 1.807) is 0 Å². The van der Waals surface area contributed by atoms with E-state index in [-0.39, 0.29) is 0 Å².